The maximum atomic E-state index is 12.6. The van der Waals surface area contributed by atoms with E-state index in [1.165, 1.54) is 6.08 Å². The summed E-state index contributed by atoms with van der Waals surface area (Å²) in [5.74, 6) is -1.04. The van der Waals surface area contributed by atoms with Crippen LogP contribution in [0, 0.1) is 0 Å². The standard InChI is InChI=1S/C18H9F6NO2/c19-17(20,21)12-5-1-10(2-6-12)9-14-16(26)27-15(25-14)11-3-7-13(8-4-11)18(22,23)24/h1-9H. The van der Waals surface area contributed by atoms with E-state index >= 15 is 0 Å². The number of cyclic esters (lactones) is 1. The van der Waals surface area contributed by atoms with Gasteiger partial charge in [0.15, 0.2) is 5.70 Å². The third kappa shape index (κ3) is 4.18. The van der Waals surface area contributed by atoms with Gasteiger partial charge in [0.05, 0.1) is 11.1 Å². The molecule has 3 rings (SSSR count). The zero-order valence-electron chi connectivity index (χ0n) is 13.2. The Kier molecular flexibility index (Phi) is 4.54. The van der Waals surface area contributed by atoms with E-state index in [-0.39, 0.29) is 22.7 Å². The van der Waals surface area contributed by atoms with Gasteiger partial charge in [-0.1, -0.05) is 12.1 Å². The Labute approximate surface area is 148 Å². The summed E-state index contributed by atoms with van der Waals surface area (Å²) in [6.45, 7) is 0. The Morgan fingerprint density at radius 3 is 1.74 bits per heavy atom. The number of hydrogen-bond donors (Lipinski definition) is 0. The molecule has 0 saturated carbocycles. The quantitative estimate of drug-likeness (QED) is 0.411. The van der Waals surface area contributed by atoms with Crippen LogP contribution in [0.3, 0.4) is 0 Å². The minimum Gasteiger partial charge on any atom is -0.402 e. The summed E-state index contributed by atoms with van der Waals surface area (Å²) in [7, 11) is 0. The van der Waals surface area contributed by atoms with E-state index in [4.69, 9.17) is 4.74 Å². The van der Waals surface area contributed by atoms with E-state index in [1.54, 1.807) is 0 Å². The number of alkyl halides is 6. The second-order valence-electron chi connectivity index (χ2n) is 5.53. The van der Waals surface area contributed by atoms with Gasteiger partial charge >= 0.3 is 18.3 Å². The molecule has 9 heteroatoms. The van der Waals surface area contributed by atoms with Crippen molar-refractivity contribution in [3.8, 4) is 0 Å². The van der Waals surface area contributed by atoms with E-state index < -0.39 is 29.4 Å². The number of carbonyl (C=O) groups excluding carboxylic acids is 1. The van der Waals surface area contributed by atoms with Crippen LogP contribution in [-0.2, 0) is 21.9 Å². The summed E-state index contributed by atoms with van der Waals surface area (Å²) in [4.78, 5) is 15.7. The first-order valence-corrected chi connectivity index (χ1v) is 7.41. The predicted octanol–water partition coefficient (Wildman–Crippen LogP) is 5.07. The largest absolute Gasteiger partial charge is 0.416 e. The normalized spacial score (nSPS) is 16.4. The zero-order chi connectivity index (χ0) is 19.8. The van der Waals surface area contributed by atoms with Gasteiger partial charge < -0.3 is 4.74 Å². The highest BCUT2D eigenvalue weighted by Crippen LogP contribution is 2.31. The summed E-state index contributed by atoms with van der Waals surface area (Å²) >= 11 is 0. The van der Waals surface area contributed by atoms with Crippen molar-refractivity contribution in [1.29, 1.82) is 0 Å². The molecule has 0 N–H and O–H groups in total. The fourth-order valence-corrected chi connectivity index (χ4v) is 2.26. The highest BCUT2D eigenvalue weighted by Gasteiger charge is 2.31. The Morgan fingerprint density at radius 2 is 1.26 bits per heavy atom. The molecule has 0 bridgehead atoms. The van der Waals surface area contributed by atoms with Crippen LogP contribution >= 0.6 is 0 Å². The summed E-state index contributed by atoms with van der Waals surface area (Å²) in [6.07, 6.45) is -7.76. The number of halogens is 6. The zero-order valence-corrected chi connectivity index (χ0v) is 13.2. The monoisotopic (exact) mass is 385 g/mol. The molecular weight excluding hydrogens is 376 g/mol. The average Bonchev–Trinajstić information content (AvgIpc) is 2.95. The van der Waals surface area contributed by atoms with Crippen LogP contribution in [0.2, 0.25) is 0 Å². The van der Waals surface area contributed by atoms with Crippen LogP contribution in [-0.4, -0.2) is 11.9 Å². The summed E-state index contributed by atoms with van der Waals surface area (Å²) in [5, 5.41) is 0. The second kappa shape index (κ2) is 6.57. The molecule has 0 fully saturated rings. The molecule has 0 amide bonds. The molecule has 0 radical (unpaired) electrons. The van der Waals surface area contributed by atoms with Crippen LogP contribution in [0.5, 0.6) is 0 Å². The lowest BCUT2D eigenvalue weighted by atomic mass is 10.1. The number of nitrogens with zero attached hydrogens (tertiary/aromatic N) is 1. The molecule has 140 valence electrons. The minimum atomic E-state index is -4.50. The van der Waals surface area contributed by atoms with Crippen molar-refractivity contribution in [2.24, 2.45) is 4.99 Å². The topological polar surface area (TPSA) is 38.7 Å². The van der Waals surface area contributed by atoms with E-state index in [9.17, 15) is 31.1 Å². The van der Waals surface area contributed by atoms with Gasteiger partial charge in [-0.3, -0.25) is 0 Å². The first-order chi connectivity index (χ1) is 12.5. The summed E-state index contributed by atoms with van der Waals surface area (Å²) < 4.78 is 80.3. The number of aliphatic imine (C=N–C) groups is 1. The molecule has 0 saturated heterocycles. The lowest BCUT2D eigenvalue weighted by Gasteiger charge is -2.06. The number of rotatable bonds is 2. The summed E-state index contributed by atoms with van der Waals surface area (Å²) in [5.41, 5.74) is -1.44. The second-order valence-corrected chi connectivity index (χ2v) is 5.53. The van der Waals surface area contributed by atoms with Crippen molar-refractivity contribution in [3.63, 3.8) is 0 Å². The average molecular weight is 385 g/mol. The molecule has 0 aliphatic carbocycles. The molecule has 2 aromatic rings. The van der Waals surface area contributed by atoms with Crippen molar-refractivity contribution in [2.45, 2.75) is 12.4 Å². The number of esters is 1. The van der Waals surface area contributed by atoms with Gasteiger partial charge in [-0.2, -0.15) is 26.3 Å². The van der Waals surface area contributed by atoms with Crippen molar-refractivity contribution < 1.29 is 35.9 Å². The molecule has 0 aromatic heterocycles. The SMILES string of the molecule is O=C1OC(c2ccc(C(F)(F)F)cc2)=NC1=Cc1ccc(C(F)(F)F)cc1. The van der Waals surface area contributed by atoms with Crippen LogP contribution in [0.25, 0.3) is 6.08 Å². The number of carbonyl (C=O) groups is 1. The van der Waals surface area contributed by atoms with Gasteiger partial charge in [-0.05, 0) is 48.0 Å². The Morgan fingerprint density at radius 1 is 0.778 bits per heavy atom. The number of hydrogen-bond acceptors (Lipinski definition) is 3. The van der Waals surface area contributed by atoms with E-state index in [0.717, 1.165) is 48.5 Å². The van der Waals surface area contributed by atoms with E-state index in [1.807, 2.05) is 0 Å². The predicted molar refractivity (Wildman–Crippen MR) is 83.5 cm³/mol. The van der Waals surface area contributed by atoms with Crippen LogP contribution in [0.15, 0.2) is 59.2 Å². The number of ether oxygens (including phenoxy) is 1. The maximum absolute atomic E-state index is 12.6. The molecule has 1 heterocycles. The van der Waals surface area contributed by atoms with Crippen LogP contribution in [0.1, 0.15) is 22.3 Å². The van der Waals surface area contributed by atoms with Crippen molar-refractivity contribution in [3.05, 3.63) is 76.5 Å². The third-order valence-electron chi connectivity index (χ3n) is 3.62. The molecule has 1 aliphatic rings. The van der Waals surface area contributed by atoms with Gasteiger partial charge in [-0.25, -0.2) is 9.79 Å². The fourth-order valence-electron chi connectivity index (χ4n) is 2.26. The van der Waals surface area contributed by atoms with Crippen molar-refractivity contribution in [1.82, 2.24) is 0 Å². The minimum absolute atomic E-state index is 0.159. The smallest absolute Gasteiger partial charge is 0.402 e. The molecule has 1 aliphatic heterocycles. The van der Waals surface area contributed by atoms with Gasteiger partial charge in [-0.15, -0.1) is 0 Å². The van der Waals surface area contributed by atoms with Gasteiger partial charge in [0.25, 0.3) is 0 Å². The van der Waals surface area contributed by atoms with Crippen LogP contribution < -0.4 is 0 Å². The highest BCUT2D eigenvalue weighted by molar-refractivity contribution is 6.12. The summed E-state index contributed by atoms with van der Waals surface area (Å²) in [6, 6.07) is 7.89. The van der Waals surface area contributed by atoms with Crippen molar-refractivity contribution >= 4 is 17.9 Å². The molecule has 0 spiro atoms. The first-order valence-electron chi connectivity index (χ1n) is 7.41. The van der Waals surface area contributed by atoms with Crippen molar-refractivity contribution in [2.75, 3.05) is 0 Å². The van der Waals surface area contributed by atoms with Gasteiger partial charge in [0.2, 0.25) is 5.90 Å². The van der Waals surface area contributed by atoms with Gasteiger partial charge in [0, 0.05) is 5.56 Å². The Hall–Kier alpha value is -3.10. The van der Waals surface area contributed by atoms with Gasteiger partial charge in [0.1, 0.15) is 0 Å². The third-order valence-corrected chi connectivity index (χ3v) is 3.62. The van der Waals surface area contributed by atoms with E-state index in [2.05, 4.69) is 4.99 Å². The molecular formula is C18H9F6NO2. The Balaban J connectivity index is 1.84. The fraction of sp³-hybridized carbons (Fsp3) is 0.111. The molecule has 0 unspecified atom stereocenters. The van der Waals surface area contributed by atoms with E-state index in [0.29, 0.717) is 0 Å². The molecule has 0 atom stereocenters. The first kappa shape index (κ1) is 18.7. The molecule has 2 aromatic carbocycles. The molecule has 27 heavy (non-hydrogen) atoms. The van der Waals surface area contributed by atoms with Crippen LogP contribution in [0.4, 0.5) is 26.3 Å². The highest BCUT2D eigenvalue weighted by atomic mass is 19.4. The maximum Gasteiger partial charge on any atom is 0.416 e. The number of benzene rings is 2. The molecule has 3 nitrogen and oxygen atoms in total. The lowest BCUT2D eigenvalue weighted by molar-refractivity contribution is -0.138. The lowest BCUT2D eigenvalue weighted by Crippen LogP contribution is -2.08. The Bertz CT molecular complexity index is 922.